The molecular weight excluding hydrogens is 224 g/mol. The molecule has 3 heteroatoms. The van der Waals surface area contributed by atoms with E-state index in [1.165, 1.54) is 24.9 Å². The van der Waals surface area contributed by atoms with Crippen LogP contribution in [0, 0.1) is 0 Å². The highest BCUT2D eigenvalue weighted by Gasteiger charge is 2.16. The predicted octanol–water partition coefficient (Wildman–Crippen LogP) is 1.97. The molecule has 1 aliphatic heterocycles. The van der Waals surface area contributed by atoms with Gasteiger partial charge in [0.1, 0.15) is 5.75 Å². The van der Waals surface area contributed by atoms with E-state index in [0.717, 1.165) is 18.7 Å². The summed E-state index contributed by atoms with van der Waals surface area (Å²) in [5.41, 5.74) is 1.28. The molecule has 1 aromatic rings. The van der Waals surface area contributed by atoms with Crippen molar-refractivity contribution in [2.75, 3.05) is 20.2 Å². The summed E-state index contributed by atoms with van der Waals surface area (Å²) >= 11 is 0. The van der Waals surface area contributed by atoms with Gasteiger partial charge in [0, 0.05) is 18.6 Å². The van der Waals surface area contributed by atoms with Crippen molar-refractivity contribution in [2.45, 2.75) is 38.3 Å². The van der Waals surface area contributed by atoms with Crippen molar-refractivity contribution in [1.29, 1.82) is 0 Å². The fraction of sp³-hybridized carbons (Fsp3) is 0.600. The van der Waals surface area contributed by atoms with E-state index < -0.39 is 0 Å². The number of hydrogen-bond acceptors (Lipinski definition) is 3. The van der Waals surface area contributed by atoms with Crippen LogP contribution >= 0.6 is 0 Å². The zero-order valence-corrected chi connectivity index (χ0v) is 11.4. The molecule has 1 saturated heterocycles. The molecule has 0 radical (unpaired) electrons. The third kappa shape index (κ3) is 3.72. The second-order valence-electron chi connectivity index (χ2n) is 5.13. The summed E-state index contributed by atoms with van der Waals surface area (Å²) in [6, 6.07) is 9.37. The van der Waals surface area contributed by atoms with E-state index in [1.807, 2.05) is 12.1 Å². The molecule has 1 aliphatic rings. The second-order valence-corrected chi connectivity index (χ2v) is 5.13. The van der Waals surface area contributed by atoms with Gasteiger partial charge in [-0.15, -0.1) is 0 Å². The fourth-order valence-electron chi connectivity index (χ4n) is 2.66. The Hall–Kier alpha value is -1.06. The lowest BCUT2D eigenvalue weighted by Gasteiger charge is -2.27. The molecule has 0 aromatic heterocycles. The standard InChI is InChI=1S/C15H24N2O/c1-12(17-14-7-5-9-16-11-14)10-13-6-3-4-8-15(13)18-2/h3-4,6,8,12,14,16-17H,5,7,9-11H2,1-2H3. The summed E-state index contributed by atoms with van der Waals surface area (Å²) < 4.78 is 5.40. The number of ether oxygens (including phenoxy) is 1. The van der Waals surface area contributed by atoms with Crippen LogP contribution in [0.2, 0.25) is 0 Å². The van der Waals surface area contributed by atoms with Crippen LogP contribution in [-0.4, -0.2) is 32.3 Å². The third-order valence-corrected chi connectivity index (χ3v) is 3.54. The Labute approximate surface area is 110 Å². The van der Waals surface area contributed by atoms with Gasteiger partial charge < -0.3 is 15.4 Å². The molecule has 1 fully saturated rings. The van der Waals surface area contributed by atoms with Crippen molar-refractivity contribution in [2.24, 2.45) is 0 Å². The average Bonchev–Trinajstić information content (AvgIpc) is 2.40. The summed E-state index contributed by atoms with van der Waals surface area (Å²) in [4.78, 5) is 0. The molecule has 100 valence electrons. The van der Waals surface area contributed by atoms with E-state index in [1.54, 1.807) is 7.11 Å². The van der Waals surface area contributed by atoms with Crippen molar-refractivity contribution in [1.82, 2.24) is 10.6 Å². The minimum absolute atomic E-state index is 0.478. The molecule has 2 unspecified atom stereocenters. The van der Waals surface area contributed by atoms with Crippen LogP contribution < -0.4 is 15.4 Å². The molecule has 0 aliphatic carbocycles. The van der Waals surface area contributed by atoms with Gasteiger partial charge in [0.05, 0.1) is 7.11 Å². The monoisotopic (exact) mass is 248 g/mol. The Balaban J connectivity index is 1.87. The van der Waals surface area contributed by atoms with E-state index in [2.05, 4.69) is 29.7 Å². The summed E-state index contributed by atoms with van der Waals surface area (Å²) in [5, 5.41) is 7.14. The third-order valence-electron chi connectivity index (χ3n) is 3.54. The van der Waals surface area contributed by atoms with Crippen LogP contribution in [0.5, 0.6) is 5.75 Å². The lowest BCUT2D eigenvalue weighted by atomic mass is 10.0. The van der Waals surface area contributed by atoms with Gasteiger partial charge in [0.25, 0.3) is 0 Å². The number of para-hydroxylation sites is 1. The Morgan fingerprint density at radius 2 is 2.28 bits per heavy atom. The first-order valence-corrected chi connectivity index (χ1v) is 6.88. The van der Waals surface area contributed by atoms with Gasteiger partial charge in [0.2, 0.25) is 0 Å². The normalized spacial score (nSPS) is 21.6. The van der Waals surface area contributed by atoms with Gasteiger partial charge in [-0.1, -0.05) is 18.2 Å². The van der Waals surface area contributed by atoms with Gasteiger partial charge in [-0.05, 0) is 44.4 Å². The molecule has 1 aromatic carbocycles. The lowest BCUT2D eigenvalue weighted by molar-refractivity contribution is 0.354. The molecular formula is C15H24N2O. The van der Waals surface area contributed by atoms with Crippen LogP contribution in [0.1, 0.15) is 25.3 Å². The molecule has 0 spiro atoms. The number of methoxy groups -OCH3 is 1. The fourth-order valence-corrected chi connectivity index (χ4v) is 2.66. The van der Waals surface area contributed by atoms with Gasteiger partial charge in [-0.2, -0.15) is 0 Å². The smallest absolute Gasteiger partial charge is 0.122 e. The van der Waals surface area contributed by atoms with E-state index >= 15 is 0 Å². The van der Waals surface area contributed by atoms with E-state index in [4.69, 9.17) is 4.74 Å². The van der Waals surface area contributed by atoms with Gasteiger partial charge in [0.15, 0.2) is 0 Å². The highest BCUT2D eigenvalue weighted by molar-refractivity contribution is 5.33. The number of hydrogen-bond donors (Lipinski definition) is 2. The number of nitrogens with one attached hydrogen (secondary N) is 2. The molecule has 2 rings (SSSR count). The molecule has 0 amide bonds. The summed E-state index contributed by atoms with van der Waals surface area (Å²) in [6.07, 6.45) is 3.57. The van der Waals surface area contributed by atoms with Crippen molar-refractivity contribution in [3.05, 3.63) is 29.8 Å². The van der Waals surface area contributed by atoms with Gasteiger partial charge >= 0.3 is 0 Å². The summed E-state index contributed by atoms with van der Waals surface area (Å²) in [5.74, 6) is 0.993. The van der Waals surface area contributed by atoms with E-state index in [0.29, 0.717) is 12.1 Å². The van der Waals surface area contributed by atoms with Crippen LogP contribution in [0.15, 0.2) is 24.3 Å². The van der Waals surface area contributed by atoms with Crippen LogP contribution in [-0.2, 0) is 6.42 Å². The minimum Gasteiger partial charge on any atom is -0.496 e. The largest absolute Gasteiger partial charge is 0.496 e. The topological polar surface area (TPSA) is 33.3 Å². The molecule has 3 nitrogen and oxygen atoms in total. The summed E-state index contributed by atoms with van der Waals surface area (Å²) in [7, 11) is 1.74. The quantitative estimate of drug-likeness (QED) is 0.836. The maximum absolute atomic E-state index is 5.40. The highest BCUT2D eigenvalue weighted by atomic mass is 16.5. The molecule has 2 atom stereocenters. The Morgan fingerprint density at radius 3 is 3.00 bits per heavy atom. The number of benzene rings is 1. The highest BCUT2D eigenvalue weighted by Crippen LogP contribution is 2.19. The first-order valence-electron chi connectivity index (χ1n) is 6.88. The average molecular weight is 248 g/mol. The molecule has 1 heterocycles. The zero-order valence-electron chi connectivity index (χ0n) is 11.4. The van der Waals surface area contributed by atoms with Crippen LogP contribution in [0.4, 0.5) is 0 Å². The predicted molar refractivity (Wildman–Crippen MR) is 75.2 cm³/mol. The first-order chi connectivity index (χ1) is 8.79. The van der Waals surface area contributed by atoms with Crippen molar-refractivity contribution < 1.29 is 4.74 Å². The second kappa shape index (κ2) is 6.76. The Morgan fingerprint density at radius 1 is 1.44 bits per heavy atom. The summed E-state index contributed by atoms with van der Waals surface area (Å²) in [6.45, 7) is 4.51. The van der Waals surface area contributed by atoms with Crippen LogP contribution in [0.3, 0.4) is 0 Å². The Kier molecular flexibility index (Phi) is 5.02. The SMILES string of the molecule is COc1ccccc1CC(C)NC1CCCNC1. The molecule has 2 N–H and O–H groups in total. The maximum Gasteiger partial charge on any atom is 0.122 e. The lowest BCUT2D eigenvalue weighted by Crippen LogP contribution is -2.47. The van der Waals surface area contributed by atoms with Crippen molar-refractivity contribution in [3.8, 4) is 5.75 Å². The molecule has 0 saturated carbocycles. The molecule has 0 bridgehead atoms. The van der Waals surface area contributed by atoms with Gasteiger partial charge in [-0.3, -0.25) is 0 Å². The van der Waals surface area contributed by atoms with Crippen molar-refractivity contribution >= 4 is 0 Å². The van der Waals surface area contributed by atoms with Gasteiger partial charge in [-0.25, -0.2) is 0 Å². The minimum atomic E-state index is 0.478. The van der Waals surface area contributed by atoms with E-state index in [9.17, 15) is 0 Å². The Bertz CT molecular complexity index is 361. The molecule has 18 heavy (non-hydrogen) atoms. The first kappa shape index (κ1) is 13.4. The van der Waals surface area contributed by atoms with E-state index in [-0.39, 0.29) is 0 Å². The zero-order chi connectivity index (χ0) is 12.8. The van der Waals surface area contributed by atoms with Crippen LogP contribution in [0.25, 0.3) is 0 Å². The van der Waals surface area contributed by atoms with Crippen molar-refractivity contribution in [3.63, 3.8) is 0 Å². The number of rotatable bonds is 5. The number of piperidine rings is 1. The maximum atomic E-state index is 5.40.